The second-order valence-corrected chi connectivity index (χ2v) is 5.10. The molecule has 1 atom stereocenters. The molecule has 0 radical (unpaired) electrons. The lowest BCUT2D eigenvalue weighted by molar-refractivity contribution is 0.122. The molecule has 1 saturated heterocycles. The van der Waals surface area contributed by atoms with Gasteiger partial charge >= 0.3 is 0 Å². The molecule has 0 unspecified atom stereocenters. The van der Waals surface area contributed by atoms with Crippen molar-refractivity contribution in [3.63, 3.8) is 0 Å². The Bertz CT molecular complexity index is 511. The zero-order valence-electron chi connectivity index (χ0n) is 11.1. The standard InChI is InChI=1S/C14H19N3O2/c1-11(18)10-16-6-8-17(9-7-16)14-15-12-4-2-3-5-13(12)19-14/h2-5,11,18H,6-10H2,1H3/t11-/m1/s1. The molecule has 2 aromatic rings. The van der Waals surface area contributed by atoms with Gasteiger partial charge in [0.05, 0.1) is 6.10 Å². The first-order chi connectivity index (χ1) is 9.22. The molecule has 102 valence electrons. The molecule has 19 heavy (non-hydrogen) atoms. The van der Waals surface area contributed by atoms with Gasteiger partial charge in [-0.1, -0.05) is 12.1 Å². The van der Waals surface area contributed by atoms with Gasteiger partial charge in [-0.3, -0.25) is 4.90 Å². The van der Waals surface area contributed by atoms with Gasteiger partial charge in [0.2, 0.25) is 0 Å². The maximum absolute atomic E-state index is 9.40. The third kappa shape index (κ3) is 2.72. The molecule has 2 heterocycles. The number of oxazole rings is 1. The van der Waals surface area contributed by atoms with Crippen molar-refractivity contribution in [2.24, 2.45) is 0 Å². The lowest BCUT2D eigenvalue weighted by atomic mass is 10.3. The van der Waals surface area contributed by atoms with E-state index in [1.807, 2.05) is 31.2 Å². The molecule has 1 aromatic heterocycles. The Morgan fingerprint density at radius 1 is 1.26 bits per heavy atom. The number of β-amino-alcohol motifs (C(OH)–C–C–N with tert-alkyl or cyclic N) is 1. The van der Waals surface area contributed by atoms with E-state index in [0.29, 0.717) is 6.01 Å². The summed E-state index contributed by atoms with van der Waals surface area (Å²) in [6.45, 7) is 6.21. The zero-order chi connectivity index (χ0) is 13.2. The van der Waals surface area contributed by atoms with Gasteiger partial charge in [-0.15, -0.1) is 0 Å². The van der Waals surface area contributed by atoms with Crippen molar-refractivity contribution in [1.82, 2.24) is 9.88 Å². The third-order valence-corrected chi connectivity index (χ3v) is 3.45. The van der Waals surface area contributed by atoms with Crippen LogP contribution in [0.25, 0.3) is 11.1 Å². The first-order valence-electron chi connectivity index (χ1n) is 6.73. The van der Waals surface area contributed by atoms with E-state index in [9.17, 15) is 5.11 Å². The van der Waals surface area contributed by atoms with Crippen molar-refractivity contribution >= 4 is 17.1 Å². The highest BCUT2D eigenvalue weighted by Crippen LogP contribution is 2.22. The Balaban J connectivity index is 1.68. The lowest BCUT2D eigenvalue weighted by Crippen LogP contribution is -2.48. The van der Waals surface area contributed by atoms with Crippen molar-refractivity contribution < 1.29 is 9.52 Å². The second-order valence-electron chi connectivity index (χ2n) is 5.10. The van der Waals surface area contributed by atoms with Gasteiger partial charge in [0.25, 0.3) is 6.01 Å². The van der Waals surface area contributed by atoms with Crippen LogP contribution in [-0.2, 0) is 0 Å². The molecular formula is C14H19N3O2. The van der Waals surface area contributed by atoms with Crippen LogP contribution in [0.15, 0.2) is 28.7 Å². The van der Waals surface area contributed by atoms with Crippen molar-refractivity contribution in [1.29, 1.82) is 0 Å². The van der Waals surface area contributed by atoms with Crippen molar-refractivity contribution in [3.8, 4) is 0 Å². The fraction of sp³-hybridized carbons (Fsp3) is 0.500. The monoisotopic (exact) mass is 261 g/mol. The van der Waals surface area contributed by atoms with Crippen LogP contribution >= 0.6 is 0 Å². The molecule has 1 aliphatic heterocycles. The van der Waals surface area contributed by atoms with E-state index < -0.39 is 0 Å². The smallest absolute Gasteiger partial charge is 0.298 e. The number of aromatic nitrogens is 1. The zero-order valence-corrected chi connectivity index (χ0v) is 11.1. The number of rotatable bonds is 3. The summed E-state index contributed by atoms with van der Waals surface area (Å²) in [6.07, 6.45) is -0.268. The van der Waals surface area contributed by atoms with Crippen LogP contribution in [0.1, 0.15) is 6.92 Å². The molecule has 0 saturated carbocycles. The fourth-order valence-corrected chi connectivity index (χ4v) is 2.49. The van der Waals surface area contributed by atoms with E-state index >= 15 is 0 Å². The number of aliphatic hydroxyl groups excluding tert-OH is 1. The highest BCUT2D eigenvalue weighted by molar-refractivity contribution is 5.74. The maximum atomic E-state index is 9.40. The number of benzene rings is 1. The highest BCUT2D eigenvalue weighted by Gasteiger charge is 2.21. The summed E-state index contributed by atoms with van der Waals surface area (Å²) in [6, 6.07) is 8.53. The van der Waals surface area contributed by atoms with Crippen molar-refractivity contribution in [2.45, 2.75) is 13.0 Å². The number of anilines is 1. The average molecular weight is 261 g/mol. The van der Waals surface area contributed by atoms with Gasteiger partial charge in [0, 0.05) is 32.7 Å². The number of piperazine rings is 1. The quantitative estimate of drug-likeness (QED) is 0.903. The Kier molecular flexibility index (Phi) is 3.40. The summed E-state index contributed by atoms with van der Waals surface area (Å²) in [5.41, 5.74) is 1.74. The van der Waals surface area contributed by atoms with Gasteiger partial charge in [-0.25, -0.2) is 0 Å². The second kappa shape index (κ2) is 5.19. The van der Waals surface area contributed by atoms with Gasteiger partial charge in [-0.05, 0) is 19.1 Å². The van der Waals surface area contributed by atoms with Gasteiger partial charge in [0.1, 0.15) is 5.52 Å². The van der Waals surface area contributed by atoms with Crippen LogP contribution in [0.4, 0.5) is 6.01 Å². The molecule has 1 fully saturated rings. The largest absolute Gasteiger partial charge is 0.423 e. The van der Waals surface area contributed by atoms with Crippen LogP contribution < -0.4 is 4.90 Å². The molecule has 5 heteroatoms. The predicted molar refractivity (Wildman–Crippen MR) is 74.3 cm³/mol. The summed E-state index contributed by atoms with van der Waals surface area (Å²) in [4.78, 5) is 8.95. The third-order valence-electron chi connectivity index (χ3n) is 3.45. The molecule has 1 aromatic carbocycles. The summed E-state index contributed by atoms with van der Waals surface area (Å²) in [7, 11) is 0. The van der Waals surface area contributed by atoms with Crippen molar-refractivity contribution in [3.05, 3.63) is 24.3 Å². The van der Waals surface area contributed by atoms with Crippen LogP contribution in [0.3, 0.4) is 0 Å². The minimum atomic E-state index is -0.268. The normalized spacial score (nSPS) is 18.9. The topological polar surface area (TPSA) is 52.7 Å². The van der Waals surface area contributed by atoms with Gasteiger partial charge in [0.15, 0.2) is 5.58 Å². The molecule has 1 aliphatic rings. The molecule has 0 bridgehead atoms. The molecule has 3 rings (SSSR count). The van der Waals surface area contributed by atoms with E-state index in [-0.39, 0.29) is 6.10 Å². The SMILES string of the molecule is C[C@@H](O)CN1CCN(c2nc3ccccc3o2)CC1. The molecule has 0 spiro atoms. The predicted octanol–water partition coefficient (Wildman–Crippen LogP) is 1.33. The highest BCUT2D eigenvalue weighted by atomic mass is 16.4. The van der Waals surface area contributed by atoms with E-state index in [1.54, 1.807) is 0 Å². The number of para-hydroxylation sites is 2. The number of hydrogen-bond donors (Lipinski definition) is 1. The Labute approximate surface area is 112 Å². The minimum absolute atomic E-state index is 0.268. The number of aliphatic hydroxyl groups is 1. The molecule has 1 N–H and O–H groups in total. The van der Waals surface area contributed by atoms with Crippen LogP contribution in [0, 0.1) is 0 Å². The van der Waals surface area contributed by atoms with Crippen LogP contribution in [0.5, 0.6) is 0 Å². The molecular weight excluding hydrogens is 242 g/mol. The molecule has 0 aliphatic carbocycles. The van der Waals surface area contributed by atoms with Gasteiger partial charge in [-0.2, -0.15) is 4.98 Å². The lowest BCUT2D eigenvalue weighted by Gasteiger charge is -2.34. The Morgan fingerprint density at radius 3 is 2.68 bits per heavy atom. The minimum Gasteiger partial charge on any atom is -0.423 e. The van der Waals surface area contributed by atoms with Crippen LogP contribution in [0.2, 0.25) is 0 Å². The summed E-state index contributed by atoms with van der Waals surface area (Å²) in [5, 5.41) is 9.40. The van der Waals surface area contributed by atoms with Gasteiger partial charge < -0.3 is 14.4 Å². The first kappa shape index (κ1) is 12.4. The van der Waals surface area contributed by atoms with Crippen molar-refractivity contribution in [2.75, 3.05) is 37.6 Å². The number of hydrogen-bond acceptors (Lipinski definition) is 5. The Hall–Kier alpha value is -1.59. The summed E-state index contributed by atoms with van der Waals surface area (Å²) in [5.74, 6) is 0. The van der Waals surface area contributed by atoms with Crippen LogP contribution in [-0.4, -0.2) is 53.8 Å². The first-order valence-corrected chi connectivity index (χ1v) is 6.73. The van der Waals surface area contributed by atoms with E-state index in [2.05, 4.69) is 14.8 Å². The fourth-order valence-electron chi connectivity index (χ4n) is 2.49. The molecule has 0 amide bonds. The van der Waals surface area contributed by atoms with E-state index in [4.69, 9.17) is 4.42 Å². The Morgan fingerprint density at radius 2 is 2.00 bits per heavy atom. The summed E-state index contributed by atoms with van der Waals surface area (Å²) < 4.78 is 5.77. The molecule has 5 nitrogen and oxygen atoms in total. The number of fused-ring (bicyclic) bond motifs is 1. The maximum Gasteiger partial charge on any atom is 0.298 e. The summed E-state index contributed by atoms with van der Waals surface area (Å²) >= 11 is 0. The van der Waals surface area contributed by atoms with E-state index in [1.165, 1.54) is 0 Å². The average Bonchev–Trinajstić information content (AvgIpc) is 2.82. The number of nitrogens with zero attached hydrogens (tertiary/aromatic N) is 3. The van der Waals surface area contributed by atoms with E-state index in [0.717, 1.165) is 43.8 Å².